The number of likely N-dealkylation sites (tertiary alicyclic amines) is 1. The summed E-state index contributed by atoms with van der Waals surface area (Å²) in [6.45, 7) is 1.49. The molecule has 6 nitrogen and oxygen atoms in total. The second kappa shape index (κ2) is 6.93. The van der Waals surface area contributed by atoms with Crippen LogP contribution in [0.25, 0.3) is 11.5 Å². The van der Waals surface area contributed by atoms with Crippen molar-refractivity contribution in [2.45, 2.75) is 25.3 Å². The molecular weight excluding hydrogens is 316 g/mol. The first-order valence-corrected chi connectivity index (χ1v) is 8.56. The van der Waals surface area contributed by atoms with Gasteiger partial charge in [0.15, 0.2) is 0 Å². The smallest absolute Gasteiger partial charge is 0.228 e. The highest BCUT2D eigenvalue weighted by Gasteiger charge is 2.25. The van der Waals surface area contributed by atoms with Crippen molar-refractivity contribution in [3.05, 3.63) is 60.7 Å². The lowest BCUT2D eigenvalue weighted by atomic mass is 10.1. The van der Waals surface area contributed by atoms with Crippen molar-refractivity contribution in [3.8, 4) is 11.5 Å². The molecule has 0 spiro atoms. The van der Waals surface area contributed by atoms with Gasteiger partial charge in [-0.05, 0) is 31.0 Å². The van der Waals surface area contributed by atoms with Crippen molar-refractivity contribution < 1.29 is 9.21 Å². The van der Waals surface area contributed by atoms with Crippen LogP contribution in [0.1, 0.15) is 24.6 Å². The van der Waals surface area contributed by atoms with Crippen LogP contribution >= 0.6 is 0 Å². The van der Waals surface area contributed by atoms with E-state index in [9.17, 15) is 4.79 Å². The fourth-order valence-electron chi connectivity index (χ4n) is 3.26. The van der Waals surface area contributed by atoms with Crippen LogP contribution in [-0.4, -0.2) is 38.7 Å². The van der Waals surface area contributed by atoms with Gasteiger partial charge in [0, 0.05) is 31.0 Å². The van der Waals surface area contributed by atoms with Crippen LogP contribution in [0.15, 0.2) is 59.5 Å². The molecule has 1 aromatic carbocycles. The Morgan fingerprint density at radius 2 is 2.12 bits per heavy atom. The molecule has 0 unspecified atom stereocenters. The van der Waals surface area contributed by atoms with Crippen LogP contribution in [0.5, 0.6) is 0 Å². The van der Waals surface area contributed by atoms with Crippen molar-refractivity contribution in [1.29, 1.82) is 0 Å². The number of carbonyl (C=O) groups is 1. The lowest BCUT2D eigenvalue weighted by molar-refractivity contribution is -0.132. The average Bonchev–Trinajstić information content (AvgIpc) is 3.35. The Morgan fingerprint density at radius 1 is 1.24 bits per heavy atom. The molecule has 2 aromatic heterocycles. The van der Waals surface area contributed by atoms with Gasteiger partial charge in [-0.15, -0.1) is 0 Å². The topological polar surface area (TPSA) is 64.2 Å². The third-order valence-corrected chi connectivity index (χ3v) is 4.55. The Hall–Kier alpha value is -2.89. The molecule has 0 bridgehead atoms. The molecule has 1 aliphatic heterocycles. The Labute approximate surface area is 146 Å². The predicted molar refractivity (Wildman–Crippen MR) is 92.7 cm³/mol. The summed E-state index contributed by atoms with van der Waals surface area (Å²) < 4.78 is 7.47. The summed E-state index contributed by atoms with van der Waals surface area (Å²) >= 11 is 0. The highest BCUT2D eigenvalue weighted by molar-refractivity contribution is 5.78. The van der Waals surface area contributed by atoms with Crippen molar-refractivity contribution in [1.82, 2.24) is 19.7 Å². The van der Waals surface area contributed by atoms with Crippen molar-refractivity contribution in [2.75, 3.05) is 13.1 Å². The van der Waals surface area contributed by atoms with E-state index in [2.05, 4.69) is 10.1 Å². The van der Waals surface area contributed by atoms with Crippen molar-refractivity contribution >= 4 is 5.91 Å². The molecule has 0 saturated carbocycles. The molecular formula is C19H20N4O2. The number of oxazole rings is 1. The van der Waals surface area contributed by atoms with Crippen LogP contribution in [0.2, 0.25) is 0 Å². The Balaban J connectivity index is 1.41. The molecule has 1 aliphatic rings. The van der Waals surface area contributed by atoms with Crippen molar-refractivity contribution in [2.24, 2.45) is 0 Å². The van der Waals surface area contributed by atoms with Gasteiger partial charge < -0.3 is 9.32 Å². The van der Waals surface area contributed by atoms with Crippen LogP contribution in [-0.2, 0) is 11.2 Å². The van der Waals surface area contributed by atoms with Gasteiger partial charge in [0.1, 0.15) is 6.26 Å². The molecule has 6 heteroatoms. The van der Waals surface area contributed by atoms with Gasteiger partial charge in [0.2, 0.25) is 11.8 Å². The molecule has 1 fully saturated rings. The third-order valence-electron chi connectivity index (χ3n) is 4.55. The normalized spacial score (nSPS) is 17.6. The summed E-state index contributed by atoms with van der Waals surface area (Å²) in [5.74, 6) is 0.640. The standard InChI is InChI=1S/C19H20N4O2/c24-18(22-10-4-8-17(13-22)23-11-5-9-20-23)12-16-14-25-19(21-16)15-6-2-1-3-7-15/h1-3,5-7,9,11,14,17H,4,8,10,12-13H2/t17-/m1/s1. The zero-order chi connectivity index (χ0) is 17.1. The van der Waals surface area contributed by atoms with Crippen LogP contribution in [0.4, 0.5) is 0 Å². The highest BCUT2D eigenvalue weighted by atomic mass is 16.3. The number of amides is 1. The molecule has 1 atom stereocenters. The highest BCUT2D eigenvalue weighted by Crippen LogP contribution is 2.22. The zero-order valence-electron chi connectivity index (χ0n) is 13.9. The van der Waals surface area contributed by atoms with Gasteiger partial charge in [0.05, 0.1) is 18.2 Å². The molecule has 25 heavy (non-hydrogen) atoms. The largest absolute Gasteiger partial charge is 0.444 e. The molecule has 3 aromatic rings. The number of hydrogen-bond acceptors (Lipinski definition) is 4. The van der Waals surface area contributed by atoms with E-state index >= 15 is 0 Å². The first-order chi connectivity index (χ1) is 12.3. The second-order valence-electron chi connectivity index (χ2n) is 6.31. The monoisotopic (exact) mass is 336 g/mol. The molecule has 0 aliphatic carbocycles. The molecule has 3 heterocycles. The van der Waals surface area contributed by atoms with Crippen LogP contribution in [0, 0.1) is 0 Å². The quantitative estimate of drug-likeness (QED) is 0.735. The maximum Gasteiger partial charge on any atom is 0.228 e. The van der Waals surface area contributed by atoms with Gasteiger partial charge in [-0.3, -0.25) is 9.48 Å². The number of carbonyl (C=O) groups excluding carboxylic acids is 1. The predicted octanol–water partition coefficient (Wildman–Crippen LogP) is 2.94. The second-order valence-corrected chi connectivity index (χ2v) is 6.31. The number of piperidine rings is 1. The number of rotatable bonds is 4. The van der Waals surface area contributed by atoms with E-state index < -0.39 is 0 Å². The molecule has 1 saturated heterocycles. The van der Waals surface area contributed by atoms with Crippen LogP contribution < -0.4 is 0 Å². The van der Waals surface area contributed by atoms with E-state index in [1.807, 2.05) is 52.2 Å². The molecule has 128 valence electrons. The Bertz CT molecular complexity index is 826. The summed E-state index contributed by atoms with van der Waals surface area (Å²) in [6, 6.07) is 11.9. The van der Waals surface area contributed by atoms with E-state index in [0.717, 1.165) is 24.9 Å². The van der Waals surface area contributed by atoms with Gasteiger partial charge in [0.25, 0.3) is 0 Å². The minimum absolute atomic E-state index is 0.0877. The van der Waals surface area contributed by atoms with Gasteiger partial charge in [-0.1, -0.05) is 18.2 Å². The van der Waals surface area contributed by atoms with Crippen LogP contribution in [0.3, 0.4) is 0 Å². The minimum Gasteiger partial charge on any atom is -0.444 e. The number of hydrogen-bond donors (Lipinski definition) is 0. The summed E-state index contributed by atoms with van der Waals surface area (Å²) in [6.07, 6.45) is 7.62. The SMILES string of the molecule is O=C(Cc1coc(-c2ccccc2)n1)N1CCC[C@@H](n2cccn2)C1. The van der Waals surface area contributed by atoms with Crippen molar-refractivity contribution in [3.63, 3.8) is 0 Å². The number of benzene rings is 1. The first-order valence-electron chi connectivity index (χ1n) is 8.56. The molecule has 0 N–H and O–H groups in total. The Kier molecular flexibility index (Phi) is 4.33. The van der Waals surface area contributed by atoms with E-state index in [-0.39, 0.29) is 18.4 Å². The molecule has 1 amide bonds. The Morgan fingerprint density at radius 3 is 2.92 bits per heavy atom. The van der Waals surface area contributed by atoms with Gasteiger partial charge in [-0.2, -0.15) is 5.10 Å². The first kappa shape index (κ1) is 15.6. The third kappa shape index (κ3) is 3.47. The lowest BCUT2D eigenvalue weighted by Gasteiger charge is -2.32. The van der Waals surface area contributed by atoms with E-state index in [0.29, 0.717) is 18.1 Å². The van der Waals surface area contributed by atoms with E-state index in [4.69, 9.17) is 4.42 Å². The summed E-state index contributed by atoms with van der Waals surface area (Å²) in [5, 5.41) is 4.31. The average molecular weight is 336 g/mol. The van der Waals surface area contributed by atoms with E-state index in [1.165, 1.54) is 0 Å². The maximum atomic E-state index is 12.6. The minimum atomic E-state index is 0.0877. The lowest BCUT2D eigenvalue weighted by Crippen LogP contribution is -2.41. The summed E-state index contributed by atoms with van der Waals surface area (Å²) in [7, 11) is 0. The zero-order valence-corrected chi connectivity index (χ0v) is 13.9. The summed E-state index contributed by atoms with van der Waals surface area (Å²) in [4.78, 5) is 19.0. The fraction of sp³-hybridized carbons (Fsp3) is 0.316. The number of nitrogens with zero attached hydrogens (tertiary/aromatic N) is 4. The summed E-state index contributed by atoms with van der Waals surface area (Å²) in [5.41, 5.74) is 1.59. The number of aromatic nitrogens is 3. The molecule has 0 radical (unpaired) electrons. The van der Waals surface area contributed by atoms with Gasteiger partial charge in [-0.25, -0.2) is 4.98 Å². The maximum absolute atomic E-state index is 12.6. The van der Waals surface area contributed by atoms with E-state index in [1.54, 1.807) is 12.5 Å². The van der Waals surface area contributed by atoms with Gasteiger partial charge >= 0.3 is 0 Å². The fourth-order valence-corrected chi connectivity index (χ4v) is 3.26. The molecule has 4 rings (SSSR count).